The first-order valence-electron chi connectivity index (χ1n) is 7.29. The van der Waals surface area contributed by atoms with Crippen molar-refractivity contribution in [3.63, 3.8) is 0 Å². The van der Waals surface area contributed by atoms with E-state index in [4.69, 9.17) is 0 Å². The van der Waals surface area contributed by atoms with Crippen molar-refractivity contribution in [2.45, 2.75) is 12.8 Å². The molecule has 1 heterocycles. The highest BCUT2D eigenvalue weighted by Crippen LogP contribution is 2.75. The molecule has 0 aromatic heterocycles. The molecule has 2 fully saturated rings. The van der Waals surface area contributed by atoms with Gasteiger partial charge in [0.05, 0.1) is 12.1 Å². The van der Waals surface area contributed by atoms with E-state index in [1.54, 1.807) is 18.2 Å². The van der Waals surface area contributed by atoms with Crippen LogP contribution >= 0.6 is 0 Å². The summed E-state index contributed by atoms with van der Waals surface area (Å²) in [6.07, 6.45) is 0. The molecule has 3 rings (SSSR count). The Labute approximate surface area is 138 Å². The van der Waals surface area contributed by atoms with E-state index in [2.05, 4.69) is 0 Å². The van der Waals surface area contributed by atoms with Crippen LogP contribution in [-0.2, 0) is 9.59 Å². The number of imide groups is 2. The molecule has 7 heteroatoms. The van der Waals surface area contributed by atoms with Crippen molar-refractivity contribution in [1.82, 2.24) is 9.80 Å². The number of amides is 4. The molecule has 1 spiro atoms. The van der Waals surface area contributed by atoms with Gasteiger partial charge in [-0.3, -0.25) is 19.4 Å². The van der Waals surface area contributed by atoms with E-state index >= 15 is 0 Å². The van der Waals surface area contributed by atoms with Crippen LogP contribution in [0.1, 0.15) is 17.0 Å². The first-order valence-corrected chi connectivity index (χ1v) is 7.29. The van der Waals surface area contributed by atoms with Crippen LogP contribution in [-0.4, -0.2) is 41.7 Å². The average Bonchev–Trinajstić information content (AvgIpc) is 3.21. The van der Waals surface area contributed by atoms with Crippen LogP contribution < -0.4 is 0 Å². The van der Waals surface area contributed by atoms with Gasteiger partial charge in [-0.1, -0.05) is 29.8 Å². The molecule has 1 atom stereocenters. The molecule has 1 aliphatic carbocycles. The first kappa shape index (κ1) is 15.7. The maximum atomic E-state index is 12.8. The van der Waals surface area contributed by atoms with E-state index in [1.807, 2.05) is 25.1 Å². The van der Waals surface area contributed by atoms with E-state index < -0.39 is 34.6 Å². The third kappa shape index (κ3) is 1.47. The summed E-state index contributed by atoms with van der Waals surface area (Å²) in [5.74, 6) is -2.51. The molecular formula is C17H14N4O3. The van der Waals surface area contributed by atoms with Gasteiger partial charge in [-0.25, -0.2) is 4.79 Å². The highest BCUT2D eigenvalue weighted by Gasteiger charge is 2.89. The number of hydrogen-bond acceptors (Lipinski definition) is 5. The fourth-order valence-corrected chi connectivity index (χ4v) is 3.76. The summed E-state index contributed by atoms with van der Waals surface area (Å²) >= 11 is 0. The van der Waals surface area contributed by atoms with Gasteiger partial charge < -0.3 is 0 Å². The lowest BCUT2D eigenvalue weighted by Crippen LogP contribution is -2.59. The number of hydrogen-bond donors (Lipinski definition) is 0. The van der Waals surface area contributed by atoms with Gasteiger partial charge in [0, 0.05) is 20.0 Å². The molecule has 2 aliphatic rings. The number of rotatable bonds is 1. The second kappa shape index (κ2) is 4.65. The second-order valence-corrected chi connectivity index (χ2v) is 6.20. The molecule has 1 saturated heterocycles. The highest BCUT2D eigenvalue weighted by molar-refractivity contribution is 6.23. The number of aryl methyl sites for hydroxylation is 1. The maximum Gasteiger partial charge on any atom is 0.332 e. The van der Waals surface area contributed by atoms with Gasteiger partial charge in [-0.05, 0) is 12.5 Å². The van der Waals surface area contributed by atoms with Crippen molar-refractivity contribution >= 4 is 17.8 Å². The van der Waals surface area contributed by atoms with E-state index in [1.165, 1.54) is 14.1 Å². The summed E-state index contributed by atoms with van der Waals surface area (Å²) in [5.41, 5.74) is -2.25. The van der Waals surface area contributed by atoms with Crippen molar-refractivity contribution in [2.75, 3.05) is 14.1 Å². The summed E-state index contributed by atoms with van der Waals surface area (Å²) in [6.45, 7) is 1.84. The number of carbonyl (C=O) groups excluding carboxylic acids is 3. The quantitative estimate of drug-likeness (QED) is 0.721. The Hall–Kier alpha value is -3.19. The van der Waals surface area contributed by atoms with Gasteiger partial charge in [0.25, 0.3) is 0 Å². The van der Waals surface area contributed by atoms with Crippen LogP contribution in [0.4, 0.5) is 4.79 Å². The number of barbiturate groups is 1. The van der Waals surface area contributed by atoms with Gasteiger partial charge in [-0.2, -0.15) is 10.5 Å². The molecule has 120 valence electrons. The van der Waals surface area contributed by atoms with Crippen LogP contribution in [0.25, 0.3) is 0 Å². The third-order valence-electron chi connectivity index (χ3n) is 4.99. The molecule has 4 amide bonds. The van der Waals surface area contributed by atoms with E-state index in [9.17, 15) is 24.9 Å². The molecule has 24 heavy (non-hydrogen) atoms. The van der Waals surface area contributed by atoms with Crippen LogP contribution in [0, 0.1) is 40.4 Å². The summed E-state index contributed by atoms with van der Waals surface area (Å²) in [4.78, 5) is 39.3. The summed E-state index contributed by atoms with van der Waals surface area (Å²) < 4.78 is 0. The predicted molar refractivity (Wildman–Crippen MR) is 80.9 cm³/mol. The van der Waals surface area contributed by atoms with Gasteiger partial charge in [0.1, 0.15) is 0 Å². The lowest BCUT2D eigenvalue weighted by Gasteiger charge is -2.34. The second-order valence-electron chi connectivity index (χ2n) is 6.20. The number of benzene rings is 1. The van der Waals surface area contributed by atoms with Crippen molar-refractivity contribution in [1.29, 1.82) is 10.5 Å². The summed E-state index contributed by atoms with van der Waals surface area (Å²) in [5, 5.41) is 19.3. The fraction of sp³-hybridized carbons (Fsp3) is 0.353. The van der Waals surface area contributed by atoms with Crippen molar-refractivity contribution < 1.29 is 14.4 Å². The monoisotopic (exact) mass is 322 g/mol. The van der Waals surface area contributed by atoms with Gasteiger partial charge >= 0.3 is 6.03 Å². The molecule has 1 aliphatic heterocycles. The van der Waals surface area contributed by atoms with Crippen molar-refractivity contribution in [2.24, 2.45) is 10.8 Å². The number of nitrogens with zero attached hydrogens (tertiary/aromatic N) is 4. The molecule has 0 N–H and O–H groups in total. The minimum absolute atomic E-state index is 0.566. The normalized spacial score (nSPS) is 23.9. The van der Waals surface area contributed by atoms with Crippen molar-refractivity contribution in [3.8, 4) is 12.1 Å². The maximum absolute atomic E-state index is 12.8. The van der Waals surface area contributed by atoms with E-state index in [0.29, 0.717) is 5.56 Å². The van der Waals surface area contributed by atoms with Crippen LogP contribution in [0.3, 0.4) is 0 Å². The topological polar surface area (TPSA) is 105 Å². The Bertz CT molecular complexity index is 839. The Morgan fingerprint density at radius 2 is 1.58 bits per heavy atom. The lowest BCUT2D eigenvalue weighted by atomic mass is 9.89. The minimum Gasteiger partial charge on any atom is -0.273 e. The fourth-order valence-electron chi connectivity index (χ4n) is 3.76. The van der Waals surface area contributed by atoms with Gasteiger partial charge in [0.2, 0.25) is 11.8 Å². The summed E-state index contributed by atoms with van der Waals surface area (Å²) in [6, 6.07) is 10.0. The Kier molecular flexibility index (Phi) is 3.04. The lowest BCUT2D eigenvalue weighted by molar-refractivity contribution is -0.151. The van der Waals surface area contributed by atoms with E-state index in [0.717, 1.165) is 15.4 Å². The largest absolute Gasteiger partial charge is 0.332 e. The third-order valence-corrected chi connectivity index (χ3v) is 4.99. The zero-order valence-corrected chi connectivity index (χ0v) is 13.4. The molecular weight excluding hydrogens is 308 g/mol. The van der Waals surface area contributed by atoms with E-state index in [-0.39, 0.29) is 0 Å². The van der Waals surface area contributed by atoms with Crippen LogP contribution in [0.2, 0.25) is 0 Å². The zero-order valence-electron chi connectivity index (χ0n) is 13.4. The molecule has 1 aromatic carbocycles. The predicted octanol–water partition coefficient (Wildman–Crippen LogP) is 1.16. The van der Waals surface area contributed by atoms with Crippen LogP contribution in [0.5, 0.6) is 0 Å². The standard InChI is InChI=1S/C17H14N4O3/c1-10-5-4-6-11(7-10)12-16(8-18,9-19)17(12)13(22)20(2)15(24)21(3)14(17)23/h4-7,12H,1-3H3. The van der Waals surface area contributed by atoms with Gasteiger partial charge in [-0.15, -0.1) is 0 Å². The number of carbonyl (C=O) groups is 3. The Balaban J connectivity index is 2.27. The van der Waals surface area contributed by atoms with Gasteiger partial charge in [0.15, 0.2) is 10.8 Å². The number of nitriles is 2. The molecule has 1 saturated carbocycles. The number of urea groups is 1. The summed E-state index contributed by atoms with van der Waals surface area (Å²) in [7, 11) is 2.50. The minimum atomic E-state index is -1.87. The Morgan fingerprint density at radius 3 is 2.04 bits per heavy atom. The molecule has 7 nitrogen and oxygen atoms in total. The molecule has 0 radical (unpaired) electrons. The Morgan fingerprint density at radius 1 is 1.04 bits per heavy atom. The molecule has 1 unspecified atom stereocenters. The zero-order chi connectivity index (χ0) is 17.9. The van der Waals surface area contributed by atoms with Crippen molar-refractivity contribution in [3.05, 3.63) is 35.4 Å². The van der Waals surface area contributed by atoms with Crippen LogP contribution in [0.15, 0.2) is 24.3 Å². The highest BCUT2D eigenvalue weighted by atomic mass is 16.2. The SMILES string of the molecule is Cc1cccc(C2C(C#N)(C#N)C23C(=O)N(C)C(=O)N(C)C3=O)c1. The average molecular weight is 322 g/mol. The smallest absolute Gasteiger partial charge is 0.273 e. The molecule has 1 aromatic rings. The molecule has 0 bridgehead atoms. The first-order chi connectivity index (χ1) is 11.3.